The van der Waals surface area contributed by atoms with Gasteiger partial charge in [0.1, 0.15) is 16.9 Å². The Bertz CT molecular complexity index is 1130. The van der Waals surface area contributed by atoms with Crippen LogP contribution in [0.4, 0.5) is 0 Å². The van der Waals surface area contributed by atoms with Crippen molar-refractivity contribution < 1.29 is 23.5 Å². The molecule has 2 atom stereocenters. The number of rotatable bonds is 6. The minimum atomic E-state index is -0.595. The van der Waals surface area contributed by atoms with E-state index in [4.69, 9.17) is 13.9 Å². The number of nitrogens with one attached hydrogen (secondary N) is 1. The quantitative estimate of drug-likeness (QED) is 0.505. The number of benzene rings is 2. The number of carbonyl (C=O) groups is 2. The SMILES string of the molecule is COc1ccc([C@@H]2CCN[C@@H]2C(=O)Cc2ccc3oc(C(=O)OC(C)(C)C)cc3c2)cc1.Cl. The molecule has 1 aromatic heterocycles. The van der Waals surface area contributed by atoms with Crippen LogP contribution in [-0.2, 0) is 16.0 Å². The number of methoxy groups -OCH3 is 1. The summed E-state index contributed by atoms with van der Waals surface area (Å²) in [6.07, 6.45) is 1.23. The van der Waals surface area contributed by atoms with E-state index in [2.05, 4.69) is 5.32 Å². The average molecular weight is 472 g/mol. The molecule has 176 valence electrons. The van der Waals surface area contributed by atoms with Gasteiger partial charge in [-0.25, -0.2) is 4.79 Å². The second kappa shape index (κ2) is 9.98. The molecule has 0 unspecified atom stereocenters. The van der Waals surface area contributed by atoms with Crippen molar-refractivity contribution in [3.05, 3.63) is 65.4 Å². The summed E-state index contributed by atoms with van der Waals surface area (Å²) in [5.74, 6) is 0.768. The van der Waals surface area contributed by atoms with Crippen LogP contribution in [-0.4, -0.2) is 37.0 Å². The Hall–Kier alpha value is -2.83. The first-order valence-electron chi connectivity index (χ1n) is 10.9. The first-order valence-corrected chi connectivity index (χ1v) is 10.9. The monoisotopic (exact) mass is 471 g/mol. The molecule has 6 nitrogen and oxygen atoms in total. The van der Waals surface area contributed by atoms with Crippen LogP contribution < -0.4 is 10.1 Å². The van der Waals surface area contributed by atoms with Gasteiger partial charge in [0.15, 0.2) is 5.78 Å². The minimum Gasteiger partial charge on any atom is -0.497 e. The molecule has 1 saturated heterocycles. The maximum absolute atomic E-state index is 13.1. The summed E-state index contributed by atoms with van der Waals surface area (Å²) in [6, 6.07) is 15.0. The Balaban J connectivity index is 0.00000306. The van der Waals surface area contributed by atoms with Gasteiger partial charge in [-0.3, -0.25) is 4.79 Å². The Kier molecular flexibility index (Phi) is 7.50. The molecule has 2 aromatic carbocycles. The first-order chi connectivity index (χ1) is 15.2. The Morgan fingerprint density at radius 2 is 1.82 bits per heavy atom. The molecule has 1 fully saturated rings. The molecule has 1 N–H and O–H groups in total. The first kappa shape index (κ1) is 24.8. The number of Topliss-reactive ketones (excluding diaryl/α,β-unsaturated/α-hetero) is 1. The summed E-state index contributed by atoms with van der Waals surface area (Å²) in [6.45, 7) is 6.25. The van der Waals surface area contributed by atoms with Gasteiger partial charge in [-0.1, -0.05) is 18.2 Å². The molecule has 4 rings (SSSR count). The van der Waals surface area contributed by atoms with Crippen LogP contribution in [0.1, 0.15) is 54.8 Å². The number of hydrogen-bond donors (Lipinski definition) is 1. The van der Waals surface area contributed by atoms with Gasteiger partial charge in [0, 0.05) is 17.7 Å². The van der Waals surface area contributed by atoms with Crippen molar-refractivity contribution in [1.29, 1.82) is 0 Å². The van der Waals surface area contributed by atoms with Crippen molar-refractivity contribution >= 4 is 35.1 Å². The largest absolute Gasteiger partial charge is 0.497 e. The van der Waals surface area contributed by atoms with Crippen LogP contribution in [0.15, 0.2) is 52.9 Å². The van der Waals surface area contributed by atoms with Crippen molar-refractivity contribution in [1.82, 2.24) is 5.32 Å². The van der Waals surface area contributed by atoms with Gasteiger partial charge in [-0.05, 0) is 75.2 Å². The van der Waals surface area contributed by atoms with E-state index >= 15 is 0 Å². The molecule has 1 aliphatic rings. The number of carbonyl (C=O) groups excluding carboxylic acids is 2. The van der Waals surface area contributed by atoms with Gasteiger partial charge in [0.25, 0.3) is 0 Å². The van der Waals surface area contributed by atoms with Gasteiger partial charge in [0.2, 0.25) is 5.76 Å². The zero-order chi connectivity index (χ0) is 22.9. The molecule has 0 aliphatic carbocycles. The van der Waals surface area contributed by atoms with Crippen molar-refractivity contribution in [3.63, 3.8) is 0 Å². The molecule has 0 saturated carbocycles. The summed E-state index contributed by atoms with van der Waals surface area (Å²) in [5.41, 5.74) is 2.03. The fourth-order valence-electron chi connectivity index (χ4n) is 4.19. The second-order valence-electron chi connectivity index (χ2n) is 9.23. The highest BCUT2D eigenvalue weighted by molar-refractivity contribution is 5.94. The van der Waals surface area contributed by atoms with Gasteiger partial charge in [-0.15, -0.1) is 12.4 Å². The lowest BCUT2D eigenvalue weighted by molar-refractivity contribution is -0.120. The third-order valence-corrected chi connectivity index (χ3v) is 5.67. The predicted octanol–water partition coefficient (Wildman–Crippen LogP) is 5.08. The lowest BCUT2D eigenvalue weighted by atomic mass is 9.88. The fourth-order valence-corrected chi connectivity index (χ4v) is 4.19. The van der Waals surface area contributed by atoms with Crippen LogP contribution in [0.5, 0.6) is 5.75 Å². The number of furan rings is 1. The standard InChI is InChI=1S/C26H29NO5.ClH/c1-26(2,3)32-25(29)23-15-18-13-16(5-10-22(18)31-23)14-21(28)24-20(11-12-27-24)17-6-8-19(30-4)9-7-17;/h5-10,13,15,20,24,27H,11-12,14H2,1-4H3;1H/t20-,24-;/m0./s1. The summed E-state index contributed by atoms with van der Waals surface area (Å²) in [5, 5.41) is 4.15. The molecule has 2 heterocycles. The lowest BCUT2D eigenvalue weighted by Crippen LogP contribution is -2.35. The zero-order valence-electron chi connectivity index (χ0n) is 19.3. The molecule has 0 amide bonds. The van der Waals surface area contributed by atoms with Gasteiger partial charge < -0.3 is 19.2 Å². The maximum atomic E-state index is 13.1. The number of hydrogen-bond acceptors (Lipinski definition) is 6. The van der Waals surface area contributed by atoms with E-state index in [9.17, 15) is 9.59 Å². The molecular formula is C26H30ClNO5. The Morgan fingerprint density at radius 1 is 1.09 bits per heavy atom. The molecule has 7 heteroatoms. The van der Waals surface area contributed by atoms with Crippen molar-refractivity contribution in [2.45, 2.75) is 51.2 Å². The van der Waals surface area contributed by atoms with Crippen LogP contribution in [0.3, 0.4) is 0 Å². The summed E-state index contributed by atoms with van der Waals surface area (Å²) < 4.78 is 16.3. The predicted molar refractivity (Wildman–Crippen MR) is 129 cm³/mol. The van der Waals surface area contributed by atoms with Crippen LogP contribution in [0, 0.1) is 0 Å². The number of ether oxygens (including phenoxy) is 2. The van der Waals surface area contributed by atoms with E-state index in [0.29, 0.717) is 12.0 Å². The Morgan fingerprint density at radius 3 is 2.48 bits per heavy atom. The normalized spacial score (nSPS) is 18.1. The van der Waals surface area contributed by atoms with E-state index in [1.807, 2.05) is 57.2 Å². The number of halogens is 1. The van der Waals surface area contributed by atoms with E-state index in [-0.39, 0.29) is 35.9 Å². The van der Waals surface area contributed by atoms with E-state index in [0.717, 1.165) is 35.2 Å². The number of esters is 1. The summed E-state index contributed by atoms with van der Waals surface area (Å²) >= 11 is 0. The molecule has 0 spiro atoms. The topological polar surface area (TPSA) is 77.8 Å². The van der Waals surface area contributed by atoms with E-state index in [1.54, 1.807) is 19.2 Å². The molecule has 3 aromatic rings. The maximum Gasteiger partial charge on any atom is 0.374 e. The highest BCUT2D eigenvalue weighted by atomic mass is 35.5. The zero-order valence-corrected chi connectivity index (χ0v) is 20.2. The third-order valence-electron chi connectivity index (χ3n) is 5.67. The van der Waals surface area contributed by atoms with E-state index in [1.165, 1.54) is 0 Å². The highest BCUT2D eigenvalue weighted by Gasteiger charge is 2.33. The molecule has 33 heavy (non-hydrogen) atoms. The molecular weight excluding hydrogens is 442 g/mol. The van der Waals surface area contributed by atoms with Crippen LogP contribution >= 0.6 is 12.4 Å². The lowest BCUT2D eigenvalue weighted by Gasteiger charge is -2.19. The highest BCUT2D eigenvalue weighted by Crippen LogP contribution is 2.31. The molecule has 0 bridgehead atoms. The van der Waals surface area contributed by atoms with Crippen LogP contribution in [0.25, 0.3) is 11.0 Å². The van der Waals surface area contributed by atoms with Gasteiger partial charge in [0.05, 0.1) is 13.2 Å². The minimum absolute atomic E-state index is 0. The smallest absolute Gasteiger partial charge is 0.374 e. The van der Waals surface area contributed by atoms with Gasteiger partial charge in [-0.2, -0.15) is 0 Å². The van der Waals surface area contributed by atoms with Crippen molar-refractivity contribution in [2.24, 2.45) is 0 Å². The number of ketones is 1. The third kappa shape index (κ3) is 5.75. The second-order valence-corrected chi connectivity index (χ2v) is 9.23. The Labute approximate surface area is 200 Å². The average Bonchev–Trinajstić information content (AvgIpc) is 3.39. The van der Waals surface area contributed by atoms with Crippen LogP contribution in [0.2, 0.25) is 0 Å². The summed E-state index contributed by atoms with van der Waals surface area (Å²) in [7, 11) is 1.64. The van der Waals surface area contributed by atoms with E-state index < -0.39 is 11.6 Å². The number of fused-ring (bicyclic) bond motifs is 1. The fraction of sp³-hybridized carbons (Fsp3) is 0.385. The molecule has 0 radical (unpaired) electrons. The van der Waals surface area contributed by atoms with Gasteiger partial charge >= 0.3 is 5.97 Å². The summed E-state index contributed by atoms with van der Waals surface area (Å²) in [4.78, 5) is 25.4. The van der Waals surface area contributed by atoms with Crippen molar-refractivity contribution in [2.75, 3.05) is 13.7 Å². The molecule has 1 aliphatic heterocycles. The van der Waals surface area contributed by atoms with Crippen molar-refractivity contribution in [3.8, 4) is 5.75 Å².